The molecule has 2 heterocycles. The number of amides is 1. The molecule has 1 amide bonds. The van der Waals surface area contributed by atoms with Gasteiger partial charge >= 0.3 is 5.97 Å². The van der Waals surface area contributed by atoms with Crippen LogP contribution in [0.3, 0.4) is 0 Å². The van der Waals surface area contributed by atoms with Crippen molar-refractivity contribution in [2.45, 2.75) is 18.9 Å². The number of hydrogen-bond acceptors (Lipinski definition) is 6. The fraction of sp³-hybridized carbons (Fsp3) is 0.300. The lowest BCUT2D eigenvalue weighted by Gasteiger charge is -2.25. The van der Waals surface area contributed by atoms with Crippen LogP contribution in [-0.2, 0) is 26.3 Å². The van der Waals surface area contributed by atoms with E-state index < -0.39 is 17.5 Å². The molecule has 1 unspecified atom stereocenters. The Morgan fingerprint density at radius 2 is 2.18 bits per heavy atom. The van der Waals surface area contributed by atoms with Crippen molar-refractivity contribution >= 4 is 29.2 Å². The van der Waals surface area contributed by atoms with Gasteiger partial charge < -0.3 is 19.7 Å². The van der Waals surface area contributed by atoms with Crippen LogP contribution in [-0.4, -0.2) is 41.8 Å². The second-order valence-electron chi connectivity index (χ2n) is 6.62. The molecule has 2 aromatic rings. The highest BCUT2D eigenvalue weighted by atomic mass is 35.5. The number of carbonyl (C=O) groups is 2. The maximum atomic E-state index is 13.3. The van der Waals surface area contributed by atoms with Crippen LogP contribution in [0.25, 0.3) is 0 Å². The lowest BCUT2D eigenvalue weighted by molar-refractivity contribution is -0.143. The van der Waals surface area contributed by atoms with Crippen molar-refractivity contribution in [3.63, 3.8) is 0 Å². The van der Waals surface area contributed by atoms with E-state index in [1.165, 1.54) is 6.07 Å². The molecule has 146 valence electrons. The van der Waals surface area contributed by atoms with Crippen LogP contribution in [0.4, 0.5) is 5.69 Å². The molecule has 0 spiro atoms. The number of rotatable bonds is 4. The summed E-state index contributed by atoms with van der Waals surface area (Å²) in [5.74, 6) is -1.17. The van der Waals surface area contributed by atoms with Gasteiger partial charge in [-0.15, -0.1) is 0 Å². The predicted molar refractivity (Wildman–Crippen MR) is 101 cm³/mol. The number of fused-ring (bicyclic) bond motifs is 2. The summed E-state index contributed by atoms with van der Waals surface area (Å²) >= 11 is 6.34. The van der Waals surface area contributed by atoms with Crippen molar-refractivity contribution in [3.8, 4) is 11.5 Å². The second kappa shape index (κ2) is 6.68. The molecule has 0 bridgehead atoms. The number of benzene rings is 2. The highest BCUT2D eigenvalue weighted by Gasteiger charge is 2.54. The van der Waals surface area contributed by atoms with E-state index in [0.717, 1.165) is 10.5 Å². The van der Waals surface area contributed by atoms with Crippen LogP contribution in [0.15, 0.2) is 30.3 Å². The van der Waals surface area contributed by atoms with E-state index >= 15 is 0 Å². The Kier molecular flexibility index (Phi) is 4.44. The summed E-state index contributed by atoms with van der Waals surface area (Å²) in [5, 5.41) is 22.3. The number of carbonyl (C=O) groups excluding carboxylic acids is 2. The van der Waals surface area contributed by atoms with Crippen molar-refractivity contribution < 1.29 is 29.3 Å². The molecule has 2 aromatic carbocycles. The summed E-state index contributed by atoms with van der Waals surface area (Å²) in [4.78, 5) is 26.4. The Hall–Kier alpha value is -2.77. The van der Waals surface area contributed by atoms with Gasteiger partial charge in [-0.05, 0) is 30.7 Å². The van der Waals surface area contributed by atoms with Crippen molar-refractivity contribution in [1.82, 2.24) is 0 Å². The fourth-order valence-corrected chi connectivity index (χ4v) is 4.06. The molecule has 0 fully saturated rings. The fourth-order valence-electron chi connectivity index (χ4n) is 3.75. The Balaban J connectivity index is 1.88. The molecule has 2 aliphatic heterocycles. The summed E-state index contributed by atoms with van der Waals surface area (Å²) < 4.78 is 10.4. The normalized spacial score (nSPS) is 20.0. The number of aliphatic hydroxyl groups is 1. The molecule has 8 heteroatoms. The van der Waals surface area contributed by atoms with Gasteiger partial charge in [0.15, 0.2) is 0 Å². The number of ether oxygens (including phenoxy) is 2. The number of esters is 1. The third-order valence-electron chi connectivity index (χ3n) is 4.99. The van der Waals surface area contributed by atoms with Gasteiger partial charge in [-0.25, -0.2) is 0 Å². The van der Waals surface area contributed by atoms with E-state index in [0.29, 0.717) is 24.5 Å². The van der Waals surface area contributed by atoms with Crippen LogP contribution >= 0.6 is 11.6 Å². The quantitative estimate of drug-likeness (QED) is 0.759. The van der Waals surface area contributed by atoms with Gasteiger partial charge in [0.2, 0.25) is 5.60 Å². The van der Waals surface area contributed by atoms with E-state index in [1.54, 1.807) is 31.2 Å². The molecule has 0 saturated heterocycles. The van der Waals surface area contributed by atoms with Gasteiger partial charge in [0.1, 0.15) is 18.0 Å². The number of nitrogens with zero attached hydrogens (tertiary/aromatic N) is 1. The number of aromatic hydroxyl groups is 1. The minimum absolute atomic E-state index is 0.00228. The molecule has 0 aliphatic carbocycles. The van der Waals surface area contributed by atoms with Crippen LogP contribution in [0.2, 0.25) is 5.02 Å². The van der Waals surface area contributed by atoms with E-state index in [1.807, 2.05) is 0 Å². The number of anilines is 1. The molecule has 2 N–H and O–H groups in total. The van der Waals surface area contributed by atoms with Crippen LogP contribution < -0.4 is 9.64 Å². The Morgan fingerprint density at radius 3 is 2.93 bits per heavy atom. The molecule has 7 nitrogen and oxygen atoms in total. The van der Waals surface area contributed by atoms with Gasteiger partial charge in [-0.3, -0.25) is 14.5 Å². The summed E-state index contributed by atoms with van der Waals surface area (Å²) in [6.45, 7) is 1.91. The summed E-state index contributed by atoms with van der Waals surface area (Å²) in [5.41, 5.74) is -1.04. The molecular weight excluding hydrogens is 386 g/mol. The molecule has 4 rings (SSSR count). The van der Waals surface area contributed by atoms with Crippen molar-refractivity contribution in [2.75, 3.05) is 24.7 Å². The average Bonchev–Trinajstić information content (AvgIpc) is 3.19. The van der Waals surface area contributed by atoms with Crippen LogP contribution in [0, 0.1) is 0 Å². The SMILES string of the molecule is CCOC(=O)CN1C(=O)C(O)(c2cc3c(cc2O)OCC3)c2c(Cl)cccc21. The highest BCUT2D eigenvalue weighted by molar-refractivity contribution is 6.33. The van der Waals surface area contributed by atoms with Gasteiger partial charge in [0, 0.05) is 28.6 Å². The van der Waals surface area contributed by atoms with Gasteiger partial charge in [0.25, 0.3) is 5.91 Å². The van der Waals surface area contributed by atoms with Gasteiger partial charge in [-0.1, -0.05) is 17.7 Å². The highest BCUT2D eigenvalue weighted by Crippen LogP contribution is 2.51. The first kappa shape index (κ1) is 18.6. The van der Waals surface area contributed by atoms with E-state index in [-0.39, 0.29) is 35.1 Å². The first-order valence-corrected chi connectivity index (χ1v) is 9.23. The van der Waals surface area contributed by atoms with E-state index in [9.17, 15) is 19.8 Å². The molecule has 0 saturated carbocycles. The lowest BCUT2D eigenvalue weighted by atomic mass is 9.85. The largest absolute Gasteiger partial charge is 0.507 e. The summed E-state index contributed by atoms with van der Waals surface area (Å²) in [6.07, 6.45) is 0.592. The monoisotopic (exact) mass is 403 g/mol. The van der Waals surface area contributed by atoms with Crippen molar-refractivity contribution in [3.05, 3.63) is 52.0 Å². The first-order valence-electron chi connectivity index (χ1n) is 8.86. The standard InChI is InChI=1S/C20H18ClNO6/c1-2-27-17(24)10-22-14-5-3-4-13(21)18(14)20(26,19(22)25)12-8-11-6-7-28-16(11)9-15(12)23/h3-5,8-9,23,26H,2,6-7,10H2,1H3. The molecule has 0 aromatic heterocycles. The number of halogens is 1. The zero-order valence-electron chi connectivity index (χ0n) is 15.1. The topological polar surface area (TPSA) is 96.3 Å². The average molecular weight is 404 g/mol. The Morgan fingerprint density at radius 1 is 1.39 bits per heavy atom. The maximum Gasteiger partial charge on any atom is 0.326 e. The third-order valence-corrected chi connectivity index (χ3v) is 5.30. The third kappa shape index (κ3) is 2.62. The Labute approximate surface area is 166 Å². The minimum atomic E-state index is -2.23. The summed E-state index contributed by atoms with van der Waals surface area (Å²) in [7, 11) is 0. The van der Waals surface area contributed by atoms with Crippen LogP contribution in [0.1, 0.15) is 23.6 Å². The molecule has 2 aliphatic rings. The lowest BCUT2D eigenvalue weighted by Crippen LogP contribution is -2.43. The smallest absolute Gasteiger partial charge is 0.326 e. The zero-order chi connectivity index (χ0) is 20.1. The predicted octanol–water partition coefficient (Wildman–Crippen LogP) is 2.13. The number of phenolic OH excluding ortho intramolecular Hbond substituents is 1. The first-order chi connectivity index (χ1) is 13.4. The number of hydrogen-bond donors (Lipinski definition) is 2. The van der Waals surface area contributed by atoms with E-state index in [4.69, 9.17) is 21.1 Å². The molecule has 28 heavy (non-hydrogen) atoms. The second-order valence-corrected chi connectivity index (χ2v) is 7.02. The minimum Gasteiger partial charge on any atom is -0.507 e. The van der Waals surface area contributed by atoms with Gasteiger partial charge in [-0.2, -0.15) is 0 Å². The maximum absolute atomic E-state index is 13.3. The summed E-state index contributed by atoms with van der Waals surface area (Å²) in [6, 6.07) is 7.68. The molecule has 1 atom stereocenters. The zero-order valence-corrected chi connectivity index (χ0v) is 15.8. The Bertz CT molecular complexity index is 991. The van der Waals surface area contributed by atoms with Crippen molar-refractivity contribution in [2.24, 2.45) is 0 Å². The van der Waals surface area contributed by atoms with E-state index in [2.05, 4.69) is 0 Å². The van der Waals surface area contributed by atoms with Crippen molar-refractivity contribution in [1.29, 1.82) is 0 Å². The number of phenols is 1. The molecule has 0 radical (unpaired) electrons. The van der Waals surface area contributed by atoms with Crippen LogP contribution in [0.5, 0.6) is 11.5 Å². The van der Waals surface area contributed by atoms with Gasteiger partial charge in [0.05, 0.1) is 18.9 Å². The molecular formula is C20H18ClNO6.